The van der Waals surface area contributed by atoms with E-state index in [-0.39, 0.29) is 11.8 Å². The third-order valence-electron chi connectivity index (χ3n) is 4.86. The van der Waals surface area contributed by atoms with Crippen LogP contribution in [-0.2, 0) is 13.0 Å². The fourth-order valence-electron chi connectivity index (χ4n) is 3.51. The SMILES string of the molecule is FC(F)Oc1ccc(CCC2NCCn3c(C4CC4)nc(Cl)c32)cc1. The zero-order valence-electron chi connectivity index (χ0n) is 13.7. The van der Waals surface area contributed by atoms with Gasteiger partial charge < -0.3 is 14.6 Å². The molecule has 1 aliphatic carbocycles. The van der Waals surface area contributed by atoms with Crippen LogP contribution in [0.2, 0.25) is 5.15 Å². The Bertz CT molecular complexity index is 744. The van der Waals surface area contributed by atoms with E-state index in [0.29, 0.717) is 11.1 Å². The average molecular weight is 368 g/mol. The number of fused-ring (bicyclic) bond motifs is 1. The molecular formula is C18H20ClF2N3O. The van der Waals surface area contributed by atoms with Crippen LogP contribution in [0.15, 0.2) is 24.3 Å². The van der Waals surface area contributed by atoms with E-state index in [1.165, 1.54) is 12.8 Å². The third kappa shape index (κ3) is 3.65. The molecule has 0 amide bonds. The van der Waals surface area contributed by atoms with Gasteiger partial charge in [0.2, 0.25) is 0 Å². The lowest BCUT2D eigenvalue weighted by Gasteiger charge is -2.27. The highest BCUT2D eigenvalue weighted by molar-refractivity contribution is 6.30. The number of rotatable bonds is 6. The van der Waals surface area contributed by atoms with Crippen molar-refractivity contribution < 1.29 is 13.5 Å². The number of halogens is 3. The number of ether oxygens (including phenoxy) is 1. The fourth-order valence-corrected chi connectivity index (χ4v) is 3.83. The maximum Gasteiger partial charge on any atom is 0.387 e. The number of aromatic nitrogens is 2. The van der Waals surface area contributed by atoms with Crippen LogP contribution >= 0.6 is 11.6 Å². The van der Waals surface area contributed by atoms with Crippen LogP contribution in [0.1, 0.15) is 48.3 Å². The largest absolute Gasteiger partial charge is 0.435 e. The number of imidazole rings is 1. The number of benzene rings is 1. The Kier molecular flexibility index (Phi) is 4.65. The zero-order chi connectivity index (χ0) is 17.4. The van der Waals surface area contributed by atoms with Crippen LogP contribution < -0.4 is 10.1 Å². The molecule has 25 heavy (non-hydrogen) atoms. The van der Waals surface area contributed by atoms with Crippen LogP contribution in [0, 0.1) is 0 Å². The smallest absolute Gasteiger partial charge is 0.387 e. The summed E-state index contributed by atoms with van der Waals surface area (Å²) in [6, 6.07) is 6.99. The van der Waals surface area contributed by atoms with Gasteiger partial charge in [0.15, 0.2) is 5.15 Å². The molecule has 1 atom stereocenters. The Hall–Kier alpha value is -1.66. The molecule has 0 bridgehead atoms. The van der Waals surface area contributed by atoms with Crippen molar-refractivity contribution in [1.29, 1.82) is 0 Å². The molecular weight excluding hydrogens is 348 g/mol. The molecule has 1 fully saturated rings. The van der Waals surface area contributed by atoms with E-state index in [1.807, 2.05) is 12.1 Å². The molecule has 1 N–H and O–H groups in total. The Morgan fingerprint density at radius 2 is 2.04 bits per heavy atom. The van der Waals surface area contributed by atoms with Crippen LogP contribution in [0.4, 0.5) is 8.78 Å². The summed E-state index contributed by atoms with van der Waals surface area (Å²) >= 11 is 6.42. The van der Waals surface area contributed by atoms with Crippen molar-refractivity contribution in [2.24, 2.45) is 0 Å². The molecule has 1 unspecified atom stereocenters. The normalized spacial score (nSPS) is 19.9. The van der Waals surface area contributed by atoms with E-state index in [1.54, 1.807) is 12.1 Å². The molecule has 1 aromatic carbocycles. The number of nitrogens with one attached hydrogen (secondary N) is 1. The number of hydrogen-bond acceptors (Lipinski definition) is 3. The maximum atomic E-state index is 12.2. The zero-order valence-corrected chi connectivity index (χ0v) is 14.5. The van der Waals surface area contributed by atoms with Gasteiger partial charge in [0.25, 0.3) is 0 Å². The van der Waals surface area contributed by atoms with Gasteiger partial charge in [0.05, 0.1) is 11.7 Å². The number of aryl methyl sites for hydroxylation is 1. The van der Waals surface area contributed by atoms with Gasteiger partial charge in [-0.15, -0.1) is 0 Å². The molecule has 0 spiro atoms. The first-order valence-corrected chi connectivity index (χ1v) is 9.02. The first-order valence-electron chi connectivity index (χ1n) is 8.65. The van der Waals surface area contributed by atoms with E-state index in [2.05, 4.69) is 19.6 Å². The summed E-state index contributed by atoms with van der Waals surface area (Å²) in [4.78, 5) is 4.60. The molecule has 0 radical (unpaired) electrons. The maximum absolute atomic E-state index is 12.2. The van der Waals surface area contributed by atoms with Crippen molar-refractivity contribution >= 4 is 11.6 Å². The Morgan fingerprint density at radius 1 is 1.28 bits per heavy atom. The molecule has 4 rings (SSSR count). The third-order valence-corrected chi connectivity index (χ3v) is 5.14. The highest BCUT2D eigenvalue weighted by atomic mass is 35.5. The second kappa shape index (κ2) is 6.92. The second-order valence-corrected chi connectivity index (χ2v) is 7.00. The highest BCUT2D eigenvalue weighted by Crippen LogP contribution is 2.42. The van der Waals surface area contributed by atoms with Gasteiger partial charge in [-0.05, 0) is 43.4 Å². The van der Waals surface area contributed by atoms with Gasteiger partial charge in [0, 0.05) is 19.0 Å². The molecule has 1 aromatic heterocycles. The minimum absolute atomic E-state index is 0.165. The van der Waals surface area contributed by atoms with Crippen LogP contribution in [-0.4, -0.2) is 22.7 Å². The quantitative estimate of drug-likeness (QED) is 0.827. The minimum Gasteiger partial charge on any atom is -0.435 e. The second-order valence-electron chi connectivity index (χ2n) is 6.64. The number of nitrogens with zero attached hydrogens (tertiary/aromatic N) is 2. The lowest BCUT2D eigenvalue weighted by Crippen LogP contribution is -2.34. The topological polar surface area (TPSA) is 39.1 Å². The van der Waals surface area contributed by atoms with Crippen molar-refractivity contribution in [3.05, 3.63) is 46.5 Å². The minimum atomic E-state index is -2.79. The summed E-state index contributed by atoms with van der Waals surface area (Å²) in [5, 5.41) is 4.14. The van der Waals surface area contributed by atoms with E-state index in [4.69, 9.17) is 11.6 Å². The molecule has 134 valence electrons. The first-order chi connectivity index (χ1) is 12.1. The molecule has 1 aliphatic heterocycles. The van der Waals surface area contributed by atoms with Gasteiger partial charge >= 0.3 is 6.61 Å². The Morgan fingerprint density at radius 3 is 2.72 bits per heavy atom. The lowest BCUT2D eigenvalue weighted by atomic mass is 10.0. The van der Waals surface area contributed by atoms with E-state index >= 15 is 0 Å². The Balaban J connectivity index is 1.44. The number of hydrogen-bond donors (Lipinski definition) is 1. The highest BCUT2D eigenvalue weighted by Gasteiger charge is 2.34. The van der Waals surface area contributed by atoms with Crippen molar-refractivity contribution in [3.63, 3.8) is 0 Å². The lowest BCUT2D eigenvalue weighted by molar-refractivity contribution is -0.0498. The summed E-state index contributed by atoms with van der Waals surface area (Å²) in [6.45, 7) is -0.970. The van der Waals surface area contributed by atoms with Crippen molar-refractivity contribution in [1.82, 2.24) is 14.9 Å². The van der Waals surface area contributed by atoms with Gasteiger partial charge in [0.1, 0.15) is 11.6 Å². The molecule has 4 nitrogen and oxygen atoms in total. The summed E-state index contributed by atoms with van der Waals surface area (Å²) in [5.41, 5.74) is 2.17. The molecule has 2 aromatic rings. The Labute approximate surface area is 150 Å². The van der Waals surface area contributed by atoms with E-state index in [0.717, 1.165) is 43.0 Å². The molecule has 2 heterocycles. The van der Waals surface area contributed by atoms with Crippen LogP contribution in [0.3, 0.4) is 0 Å². The van der Waals surface area contributed by atoms with E-state index in [9.17, 15) is 8.78 Å². The molecule has 7 heteroatoms. The van der Waals surface area contributed by atoms with Gasteiger partial charge in [-0.25, -0.2) is 4.98 Å². The van der Waals surface area contributed by atoms with Crippen LogP contribution in [0.25, 0.3) is 0 Å². The fraction of sp³-hybridized carbons (Fsp3) is 0.500. The molecule has 2 aliphatic rings. The molecule has 0 saturated heterocycles. The van der Waals surface area contributed by atoms with Crippen molar-refractivity contribution in [2.75, 3.05) is 6.54 Å². The van der Waals surface area contributed by atoms with Gasteiger partial charge in [-0.1, -0.05) is 23.7 Å². The van der Waals surface area contributed by atoms with Gasteiger partial charge in [-0.3, -0.25) is 0 Å². The van der Waals surface area contributed by atoms with Crippen molar-refractivity contribution in [3.8, 4) is 5.75 Å². The van der Waals surface area contributed by atoms with Gasteiger partial charge in [-0.2, -0.15) is 8.78 Å². The monoisotopic (exact) mass is 367 g/mol. The molecule has 1 saturated carbocycles. The summed E-state index contributed by atoms with van der Waals surface area (Å²) in [5.74, 6) is 1.90. The number of alkyl halides is 2. The summed E-state index contributed by atoms with van der Waals surface area (Å²) < 4.78 is 31.1. The predicted octanol–water partition coefficient (Wildman–Crippen LogP) is 4.29. The predicted molar refractivity (Wildman–Crippen MR) is 91.4 cm³/mol. The standard InChI is InChI=1S/C18H20ClF2N3O/c19-16-15-14(22-9-10-24(15)17(23-16)12-4-5-12)8-3-11-1-6-13(7-2-11)25-18(20)21/h1-2,6-7,12,14,18,22H,3-5,8-10H2. The summed E-state index contributed by atoms with van der Waals surface area (Å²) in [6.07, 6.45) is 4.12. The van der Waals surface area contributed by atoms with Crippen LogP contribution in [0.5, 0.6) is 5.75 Å². The summed E-state index contributed by atoms with van der Waals surface area (Å²) in [7, 11) is 0. The average Bonchev–Trinajstić information content (AvgIpc) is 3.38. The van der Waals surface area contributed by atoms with Crippen molar-refractivity contribution in [2.45, 2.75) is 50.8 Å². The first kappa shape index (κ1) is 16.8. The van der Waals surface area contributed by atoms with E-state index < -0.39 is 6.61 Å².